The first-order valence-corrected chi connectivity index (χ1v) is 10.8. The zero-order valence-corrected chi connectivity index (χ0v) is 18.0. The number of benzene rings is 4. The highest BCUT2D eigenvalue weighted by Crippen LogP contribution is 2.36. The maximum absolute atomic E-state index is 14.6. The van der Waals surface area contributed by atoms with Gasteiger partial charge in [0, 0.05) is 23.4 Å². The van der Waals surface area contributed by atoms with Crippen molar-refractivity contribution in [2.75, 3.05) is 4.90 Å². The van der Waals surface area contributed by atoms with Crippen LogP contribution in [0.4, 0.5) is 21.6 Å². The second kappa shape index (κ2) is 9.45. The molecule has 4 aromatic carbocycles. The van der Waals surface area contributed by atoms with Crippen LogP contribution in [-0.2, 0) is 6.42 Å². The van der Waals surface area contributed by atoms with Crippen LogP contribution in [0.3, 0.4) is 0 Å². The molecule has 3 nitrogen and oxygen atoms in total. The van der Waals surface area contributed by atoms with Crippen molar-refractivity contribution in [1.29, 1.82) is 0 Å². The van der Waals surface area contributed by atoms with Crippen LogP contribution < -0.4 is 4.90 Å². The molecule has 0 N–H and O–H groups in total. The third-order valence-electron chi connectivity index (χ3n) is 5.45. The van der Waals surface area contributed by atoms with Crippen LogP contribution >= 0.6 is 0 Å². The summed E-state index contributed by atoms with van der Waals surface area (Å²) in [7, 11) is 0. The molecule has 5 aromatic rings. The minimum absolute atomic E-state index is 0.249. The number of aromatic nitrogens is 2. The molecule has 0 radical (unpaired) electrons. The maximum atomic E-state index is 14.6. The van der Waals surface area contributed by atoms with E-state index in [-0.39, 0.29) is 5.82 Å². The molecule has 160 valence electrons. The van der Waals surface area contributed by atoms with Crippen LogP contribution in [0.1, 0.15) is 11.3 Å². The fourth-order valence-electron chi connectivity index (χ4n) is 3.84. The molecule has 33 heavy (non-hydrogen) atoms. The van der Waals surface area contributed by atoms with Gasteiger partial charge in [0.05, 0.1) is 17.6 Å². The number of hydrogen-bond acceptors (Lipinski definition) is 3. The van der Waals surface area contributed by atoms with E-state index in [4.69, 9.17) is 9.97 Å². The minimum Gasteiger partial charge on any atom is -0.294 e. The standard InChI is InChI=1S/C29H22FN3/c30-26-19-11-10-14-23(26)20-27-29(31-21-28(32-27)22-12-4-1-5-13-22)33(24-15-6-2-7-16-24)25-17-8-3-9-18-25/h1-19,21H,20H2. The molecule has 0 aliphatic heterocycles. The monoisotopic (exact) mass is 431 g/mol. The number of anilines is 3. The summed E-state index contributed by atoms with van der Waals surface area (Å²) in [5.41, 5.74) is 4.93. The molecular formula is C29H22FN3. The maximum Gasteiger partial charge on any atom is 0.159 e. The Kier molecular flexibility index (Phi) is 5.89. The van der Waals surface area contributed by atoms with Crippen LogP contribution in [0.15, 0.2) is 121 Å². The zero-order valence-electron chi connectivity index (χ0n) is 18.0. The quantitative estimate of drug-likeness (QED) is 0.282. The summed E-state index contributed by atoms with van der Waals surface area (Å²) in [6, 6.07) is 36.8. The molecule has 0 spiro atoms. The number of para-hydroxylation sites is 2. The topological polar surface area (TPSA) is 29.0 Å². The van der Waals surface area contributed by atoms with E-state index in [0.717, 1.165) is 22.6 Å². The minimum atomic E-state index is -0.249. The van der Waals surface area contributed by atoms with Crippen LogP contribution in [0.2, 0.25) is 0 Å². The summed E-state index contributed by atoms with van der Waals surface area (Å²) in [4.78, 5) is 11.9. The van der Waals surface area contributed by atoms with Gasteiger partial charge in [0.25, 0.3) is 0 Å². The van der Waals surface area contributed by atoms with Crippen molar-refractivity contribution < 1.29 is 4.39 Å². The third kappa shape index (κ3) is 4.51. The molecule has 0 aliphatic carbocycles. The molecule has 0 atom stereocenters. The summed E-state index contributed by atoms with van der Waals surface area (Å²) in [6.45, 7) is 0. The number of hydrogen-bond donors (Lipinski definition) is 0. The summed E-state index contributed by atoms with van der Waals surface area (Å²) < 4.78 is 14.6. The van der Waals surface area contributed by atoms with Crippen LogP contribution in [0.5, 0.6) is 0 Å². The average molecular weight is 432 g/mol. The molecule has 1 aromatic heterocycles. The highest BCUT2D eigenvalue weighted by atomic mass is 19.1. The Morgan fingerprint density at radius 3 is 1.79 bits per heavy atom. The van der Waals surface area contributed by atoms with Gasteiger partial charge in [0.1, 0.15) is 5.82 Å². The number of rotatable bonds is 6. The van der Waals surface area contributed by atoms with E-state index < -0.39 is 0 Å². The molecule has 0 fully saturated rings. The zero-order chi connectivity index (χ0) is 22.5. The highest BCUT2D eigenvalue weighted by molar-refractivity contribution is 5.76. The molecule has 0 aliphatic rings. The van der Waals surface area contributed by atoms with Crippen molar-refractivity contribution in [3.63, 3.8) is 0 Å². The van der Waals surface area contributed by atoms with Gasteiger partial charge in [0.15, 0.2) is 5.82 Å². The van der Waals surface area contributed by atoms with E-state index >= 15 is 0 Å². The molecule has 0 bridgehead atoms. The first kappa shape index (κ1) is 20.6. The molecule has 4 heteroatoms. The number of halogens is 1. The van der Waals surface area contributed by atoms with Gasteiger partial charge in [-0.15, -0.1) is 0 Å². The van der Waals surface area contributed by atoms with E-state index in [1.807, 2.05) is 97.1 Å². The Balaban J connectivity index is 1.70. The summed E-state index contributed by atoms with van der Waals surface area (Å²) in [5, 5.41) is 0. The van der Waals surface area contributed by atoms with Gasteiger partial charge in [-0.3, -0.25) is 4.90 Å². The van der Waals surface area contributed by atoms with Crippen molar-refractivity contribution >= 4 is 17.2 Å². The lowest BCUT2D eigenvalue weighted by Crippen LogP contribution is -2.15. The molecule has 0 saturated heterocycles. The Labute approximate surface area is 192 Å². The van der Waals surface area contributed by atoms with Gasteiger partial charge >= 0.3 is 0 Å². The first-order valence-electron chi connectivity index (χ1n) is 10.8. The Morgan fingerprint density at radius 2 is 1.18 bits per heavy atom. The van der Waals surface area contributed by atoms with Crippen LogP contribution in [-0.4, -0.2) is 9.97 Å². The second-order valence-electron chi connectivity index (χ2n) is 7.67. The Bertz CT molecular complexity index is 1300. The fraction of sp³-hybridized carbons (Fsp3) is 0.0345. The molecule has 5 rings (SSSR count). The lowest BCUT2D eigenvalue weighted by Gasteiger charge is -2.26. The first-order chi connectivity index (χ1) is 16.3. The van der Waals surface area contributed by atoms with Gasteiger partial charge < -0.3 is 0 Å². The van der Waals surface area contributed by atoms with Gasteiger partial charge in [-0.25, -0.2) is 14.4 Å². The largest absolute Gasteiger partial charge is 0.294 e. The summed E-state index contributed by atoms with van der Waals surface area (Å²) in [5.74, 6) is 0.427. The summed E-state index contributed by atoms with van der Waals surface area (Å²) in [6.07, 6.45) is 2.11. The van der Waals surface area contributed by atoms with Gasteiger partial charge in [-0.2, -0.15) is 0 Å². The normalized spacial score (nSPS) is 10.7. The van der Waals surface area contributed by atoms with Gasteiger partial charge in [-0.05, 0) is 35.9 Å². The van der Waals surface area contributed by atoms with E-state index in [1.165, 1.54) is 6.07 Å². The van der Waals surface area contributed by atoms with Crippen molar-refractivity contribution in [1.82, 2.24) is 9.97 Å². The Hall–Kier alpha value is -4.31. The second-order valence-corrected chi connectivity index (χ2v) is 7.67. The third-order valence-corrected chi connectivity index (χ3v) is 5.45. The van der Waals surface area contributed by atoms with E-state index in [2.05, 4.69) is 4.90 Å². The smallest absolute Gasteiger partial charge is 0.159 e. The lowest BCUT2D eigenvalue weighted by atomic mass is 10.1. The summed E-state index contributed by atoms with van der Waals surface area (Å²) >= 11 is 0. The average Bonchev–Trinajstić information content (AvgIpc) is 2.88. The van der Waals surface area contributed by atoms with Gasteiger partial charge in [-0.1, -0.05) is 84.9 Å². The van der Waals surface area contributed by atoms with Crippen molar-refractivity contribution in [3.05, 3.63) is 139 Å². The Morgan fingerprint density at radius 1 is 0.636 bits per heavy atom. The molecule has 0 unspecified atom stereocenters. The lowest BCUT2D eigenvalue weighted by molar-refractivity contribution is 0.613. The van der Waals surface area contributed by atoms with Crippen molar-refractivity contribution in [3.8, 4) is 11.3 Å². The molecule has 0 saturated carbocycles. The highest BCUT2D eigenvalue weighted by Gasteiger charge is 2.20. The van der Waals surface area contributed by atoms with E-state index in [9.17, 15) is 4.39 Å². The van der Waals surface area contributed by atoms with Gasteiger partial charge in [0.2, 0.25) is 0 Å². The molecular weight excluding hydrogens is 409 g/mol. The predicted octanol–water partition coefficient (Wildman–Crippen LogP) is 7.34. The number of nitrogens with zero attached hydrogens (tertiary/aromatic N) is 3. The molecule has 1 heterocycles. The SMILES string of the molecule is Fc1ccccc1Cc1nc(-c2ccccc2)cnc1N(c1ccccc1)c1ccccc1. The van der Waals surface area contributed by atoms with E-state index in [1.54, 1.807) is 18.3 Å². The fourth-order valence-corrected chi connectivity index (χ4v) is 3.84. The molecule has 0 amide bonds. The van der Waals surface area contributed by atoms with Crippen LogP contribution in [0.25, 0.3) is 11.3 Å². The van der Waals surface area contributed by atoms with E-state index in [0.29, 0.717) is 23.5 Å². The van der Waals surface area contributed by atoms with Crippen LogP contribution in [0, 0.1) is 5.82 Å². The van der Waals surface area contributed by atoms with Crippen molar-refractivity contribution in [2.45, 2.75) is 6.42 Å². The van der Waals surface area contributed by atoms with Crippen molar-refractivity contribution in [2.24, 2.45) is 0 Å². The predicted molar refractivity (Wildman–Crippen MR) is 131 cm³/mol.